The van der Waals surface area contributed by atoms with Crippen molar-refractivity contribution >= 4 is 11.9 Å². The average molecular weight is 391 g/mol. The number of carbonyl (C=O) groups is 1. The van der Waals surface area contributed by atoms with Gasteiger partial charge in [-0.3, -0.25) is 19.4 Å². The molecule has 0 spiro atoms. The first kappa shape index (κ1) is 20.6. The summed E-state index contributed by atoms with van der Waals surface area (Å²) >= 11 is 0. The number of aryl methyl sites for hydroxylation is 1. The van der Waals surface area contributed by atoms with Crippen molar-refractivity contribution in [2.75, 3.05) is 60.4 Å². The van der Waals surface area contributed by atoms with Gasteiger partial charge in [-0.15, -0.1) is 0 Å². The number of likely N-dealkylation sites (N-methyl/N-ethyl adjacent to an activating group) is 1. The first-order valence-corrected chi connectivity index (χ1v) is 10.1. The number of aromatic nitrogens is 2. The molecule has 156 valence electrons. The number of amides is 1. The van der Waals surface area contributed by atoms with Gasteiger partial charge in [-0.2, -0.15) is 5.10 Å². The molecule has 1 unspecified atom stereocenters. The van der Waals surface area contributed by atoms with Crippen LogP contribution in [-0.4, -0.2) is 103 Å². The molecule has 1 aliphatic heterocycles. The Kier molecular flexibility index (Phi) is 6.90. The summed E-state index contributed by atoms with van der Waals surface area (Å²) in [5.74, 6) is 1.07. The fourth-order valence-electron chi connectivity index (χ4n) is 3.55. The van der Waals surface area contributed by atoms with E-state index >= 15 is 0 Å². The van der Waals surface area contributed by atoms with Crippen molar-refractivity contribution in [1.29, 1.82) is 0 Å². The van der Waals surface area contributed by atoms with Crippen LogP contribution < -0.4 is 10.6 Å². The summed E-state index contributed by atoms with van der Waals surface area (Å²) in [6.07, 6.45) is 6.24. The summed E-state index contributed by atoms with van der Waals surface area (Å²) in [4.78, 5) is 23.1. The molecule has 0 radical (unpaired) electrons. The van der Waals surface area contributed by atoms with Gasteiger partial charge in [0.1, 0.15) is 0 Å². The van der Waals surface area contributed by atoms with Crippen LogP contribution in [0, 0.1) is 0 Å². The number of nitrogens with zero attached hydrogens (tertiary/aromatic N) is 6. The Hall–Kier alpha value is -2.13. The maximum Gasteiger partial charge on any atom is 0.234 e. The fraction of sp³-hybridized carbons (Fsp3) is 0.737. The highest BCUT2D eigenvalue weighted by molar-refractivity contribution is 5.80. The Morgan fingerprint density at radius 1 is 1.32 bits per heavy atom. The van der Waals surface area contributed by atoms with Crippen LogP contribution in [0.5, 0.6) is 0 Å². The molecule has 1 aromatic rings. The molecule has 9 nitrogen and oxygen atoms in total. The second-order valence-corrected chi connectivity index (χ2v) is 7.96. The first-order valence-electron chi connectivity index (χ1n) is 10.1. The Morgan fingerprint density at radius 3 is 2.57 bits per heavy atom. The van der Waals surface area contributed by atoms with Crippen LogP contribution in [0.2, 0.25) is 0 Å². The Morgan fingerprint density at radius 2 is 2.04 bits per heavy atom. The molecule has 2 aliphatic rings. The second-order valence-electron chi connectivity index (χ2n) is 7.96. The maximum atomic E-state index is 12.0. The number of hydrogen-bond acceptors (Lipinski definition) is 5. The molecule has 1 amide bonds. The van der Waals surface area contributed by atoms with E-state index in [0.717, 1.165) is 51.5 Å². The van der Waals surface area contributed by atoms with Crippen LogP contribution in [0.1, 0.15) is 24.4 Å². The zero-order valence-corrected chi connectivity index (χ0v) is 17.6. The monoisotopic (exact) mass is 390 g/mol. The summed E-state index contributed by atoms with van der Waals surface area (Å²) < 4.78 is 1.83. The molecule has 3 rings (SSSR count). The van der Waals surface area contributed by atoms with Crippen molar-refractivity contribution in [3.8, 4) is 0 Å². The van der Waals surface area contributed by atoms with E-state index in [9.17, 15) is 4.79 Å². The van der Waals surface area contributed by atoms with Gasteiger partial charge in [0.2, 0.25) is 5.91 Å². The summed E-state index contributed by atoms with van der Waals surface area (Å²) in [6.45, 7) is 4.75. The lowest BCUT2D eigenvalue weighted by Gasteiger charge is -2.36. The molecule has 0 bridgehead atoms. The van der Waals surface area contributed by atoms with Gasteiger partial charge in [-0.25, -0.2) is 0 Å². The molecule has 28 heavy (non-hydrogen) atoms. The smallest absolute Gasteiger partial charge is 0.234 e. The minimum absolute atomic E-state index is 0.156. The SMILES string of the molecule is CN=C(NCC(c1cnn(C)c1)N(C)C)N1CCN(CC(=O)NC2CC2)CC1. The fourth-order valence-corrected chi connectivity index (χ4v) is 3.55. The number of rotatable bonds is 7. The second kappa shape index (κ2) is 9.38. The summed E-state index contributed by atoms with van der Waals surface area (Å²) in [5.41, 5.74) is 1.18. The topological polar surface area (TPSA) is 81.0 Å². The predicted molar refractivity (Wildman–Crippen MR) is 110 cm³/mol. The van der Waals surface area contributed by atoms with Crippen molar-refractivity contribution in [3.63, 3.8) is 0 Å². The number of carbonyl (C=O) groups excluding carboxylic acids is 1. The van der Waals surface area contributed by atoms with Crippen LogP contribution in [0.4, 0.5) is 0 Å². The normalized spacial score (nSPS) is 19.8. The summed E-state index contributed by atoms with van der Waals surface area (Å²) in [6, 6.07) is 0.652. The zero-order chi connectivity index (χ0) is 20.1. The maximum absolute atomic E-state index is 12.0. The van der Waals surface area contributed by atoms with Gasteiger partial charge >= 0.3 is 0 Å². The van der Waals surface area contributed by atoms with Crippen molar-refractivity contribution < 1.29 is 4.79 Å². The third kappa shape index (κ3) is 5.68. The quantitative estimate of drug-likeness (QED) is 0.482. The first-order chi connectivity index (χ1) is 13.5. The van der Waals surface area contributed by atoms with Crippen LogP contribution in [0.25, 0.3) is 0 Å². The van der Waals surface area contributed by atoms with Gasteiger partial charge in [0.05, 0.1) is 18.8 Å². The van der Waals surface area contributed by atoms with Crippen LogP contribution >= 0.6 is 0 Å². The Balaban J connectivity index is 1.46. The van der Waals surface area contributed by atoms with Gasteiger partial charge in [0.25, 0.3) is 0 Å². The molecule has 1 aliphatic carbocycles. The lowest BCUT2D eigenvalue weighted by molar-refractivity contribution is -0.122. The molecule has 2 heterocycles. The van der Waals surface area contributed by atoms with Crippen molar-refractivity contribution in [1.82, 2.24) is 35.1 Å². The van der Waals surface area contributed by atoms with Crippen molar-refractivity contribution in [2.45, 2.75) is 24.9 Å². The van der Waals surface area contributed by atoms with E-state index in [2.05, 4.69) is 55.7 Å². The van der Waals surface area contributed by atoms with Crippen molar-refractivity contribution in [3.05, 3.63) is 18.0 Å². The number of hydrogen-bond donors (Lipinski definition) is 2. The van der Waals surface area contributed by atoms with E-state index in [1.807, 2.05) is 25.0 Å². The molecule has 2 N–H and O–H groups in total. The van der Waals surface area contributed by atoms with E-state index in [1.165, 1.54) is 5.56 Å². The Labute approximate surface area is 167 Å². The Bertz CT molecular complexity index is 673. The van der Waals surface area contributed by atoms with E-state index in [1.54, 1.807) is 0 Å². The van der Waals surface area contributed by atoms with E-state index in [4.69, 9.17) is 0 Å². The summed E-state index contributed by atoms with van der Waals surface area (Å²) in [7, 11) is 7.92. The van der Waals surface area contributed by atoms with Gasteiger partial charge in [-0.05, 0) is 26.9 Å². The summed E-state index contributed by atoms with van der Waals surface area (Å²) in [5, 5.41) is 10.9. The molecule has 1 atom stereocenters. The van der Waals surface area contributed by atoms with E-state index in [-0.39, 0.29) is 11.9 Å². The molecule has 9 heteroatoms. The third-order valence-electron chi connectivity index (χ3n) is 5.38. The van der Waals surface area contributed by atoms with E-state index < -0.39 is 0 Å². The number of aliphatic imine (C=N–C) groups is 1. The van der Waals surface area contributed by atoms with Gasteiger partial charge in [-0.1, -0.05) is 0 Å². The zero-order valence-electron chi connectivity index (χ0n) is 17.6. The largest absolute Gasteiger partial charge is 0.354 e. The molecule has 1 aromatic heterocycles. The number of guanidine groups is 1. The number of nitrogens with one attached hydrogen (secondary N) is 2. The minimum atomic E-state index is 0.156. The lowest BCUT2D eigenvalue weighted by Crippen LogP contribution is -2.54. The van der Waals surface area contributed by atoms with Gasteiger partial charge in [0, 0.05) is 64.6 Å². The lowest BCUT2D eigenvalue weighted by atomic mass is 10.1. The van der Waals surface area contributed by atoms with Crippen molar-refractivity contribution in [2.24, 2.45) is 12.0 Å². The highest BCUT2D eigenvalue weighted by atomic mass is 16.2. The predicted octanol–water partition coefficient (Wildman–Crippen LogP) is -0.506. The highest BCUT2D eigenvalue weighted by Gasteiger charge is 2.26. The van der Waals surface area contributed by atoms with Crippen LogP contribution in [-0.2, 0) is 11.8 Å². The third-order valence-corrected chi connectivity index (χ3v) is 5.38. The molecule has 1 saturated heterocycles. The van der Waals surface area contributed by atoms with Gasteiger partial charge in [0.15, 0.2) is 5.96 Å². The molecule has 0 aromatic carbocycles. The molecule has 2 fully saturated rings. The average Bonchev–Trinajstić information content (AvgIpc) is 3.37. The van der Waals surface area contributed by atoms with Crippen LogP contribution in [0.3, 0.4) is 0 Å². The molecular weight excluding hydrogens is 356 g/mol. The van der Waals surface area contributed by atoms with Gasteiger partial charge < -0.3 is 20.4 Å². The number of piperazine rings is 1. The van der Waals surface area contributed by atoms with Crippen LogP contribution in [0.15, 0.2) is 17.4 Å². The minimum Gasteiger partial charge on any atom is -0.354 e. The molecule has 1 saturated carbocycles. The highest BCUT2D eigenvalue weighted by Crippen LogP contribution is 2.18. The molecular formula is C19H34N8O. The van der Waals surface area contributed by atoms with E-state index in [0.29, 0.717) is 12.6 Å². The standard InChI is InChI=1S/C19H34N8O/c1-20-19(21-12-17(24(2)3)15-11-22-25(4)13-15)27-9-7-26(8-10-27)14-18(28)23-16-5-6-16/h11,13,16-17H,5-10,12,14H2,1-4H3,(H,20,21)(H,23,28).